The average Bonchev–Trinajstić information content (AvgIpc) is 2.91. The van der Waals surface area contributed by atoms with Crippen LogP contribution in [0, 0.1) is 0 Å². The Balaban J connectivity index is 1.40. The molecule has 3 heteroatoms. The van der Waals surface area contributed by atoms with Crippen LogP contribution in [-0.4, -0.2) is 60.1 Å². The lowest BCUT2D eigenvalue weighted by Gasteiger charge is -2.25. The van der Waals surface area contributed by atoms with Crippen LogP contribution in [-0.2, 0) is 0 Å². The van der Waals surface area contributed by atoms with E-state index in [1.54, 1.807) is 0 Å². The first-order valence-corrected chi connectivity index (χ1v) is 7.97. The lowest BCUT2D eigenvalue weighted by atomic mass is 10.2. The minimum atomic E-state index is 0.720. The van der Waals surface area contributed by atoms with E-state index in [0.717, 1.165) is 24.2 Å². The number of likely N-dealkylation sites (tertiary alicyclic amines) is 2. The zero-order chi connectivity index (χ0) is 12.5. The second-order valence-corrected chi connectivity index (χ2v) is 6.71. The van der Waals surface area contributed by atoms with Gasteiger partial charge in [-0.3, -0.25) is 9.80 Å². The van der Waals surface area contributed by atoms with Gasteiger partial charge in [-0.1, -0.05) is 0 Å². The Morgan fingerprint density at radius 1 is 1.22 bits per heavy atom. The highest BCUT2D eigenvalue weighted by molar-refractivity contribution is 4.96. The fourth-order valence-corrected chi connectivity index (χ4v) is 3.77. The Kier molecular flexibility index (Phi) is 3.92. The number of rotatable bonds is 5. The third-order valence-corrected chi connectivity index (χ3v) is 5.10. The molecule has 2 aliphatic heterocycles. The van der Waals surface area contributed by atoms with Crippen molar-refractivity contribution in [2.24, 2.45) is 0 Å². The highest BCUT2D eigenvalue weighted by Gasteiger charge is 2.38. The van der Waals surface area contributed by atoms with Crippen LogP contribution in [0.15, 0.2) is 0 Å². The van der Waals surface area contributed by atoms with Gasteiger partial charge in [-0.15, -0.1) is 0 Å². The molecule has 3 atom stereocenters. The molecule has 0 aromatic heterocycles. The summed E-state index contributed by atoms with van der Waals surface area (Å²) in [5, 5.41) is 3.82. The maximum Gasteiger partial charge on any atom is 0.0210 e. The molecule has 2 heterocycles. The lowest BCUT2D eigenvalue weighted by Crippen LogP contribution is -2.43. The fourth-order valence-electron chi connectivity index (χ4n) is 3.77. The van der Waals surface area contributed by atoms with Crippen molar-refractivity contribution >= 4 is 0 Å². The molecule has 0 amide bonds. The van der Waals surface area contributed by atoms with Crippen molar-refractivity contribution in [3.8, 4) is 0 Å². The summed E-state index contributed by atoms with van der Waals surface area (Å²) in [4.78, 5) is 5.38. The van der Waals surface area contributed by atoms with Gasteiger partial charge in [0.1, 0.15) is 0 Å². The quantitative estimate of drug-likeness (QED) is 0.802. The summed E-state index contributed by atoms with van der Waals surface area (Å²) in [5.74, 6) is 0. The maximum atomic E-state index is 3.82. The van der Waals surface area contributed by atoms with Crippen molar-refractivity contribution in [3.05, 3.63) is 0 Å². The van der Waals surface area contributed by atoms with Gasteiger partial charge in [0.25, 0.3) is 0 Å². The van der Waals surface area contributed by atoms with E-state index in [1.165, 1.54) is 58.3 Å². The van der Waals surface area contributed by atoms with E-state index in [4.69, 9.17) is 0 Å². The molecule has 0 bridgehead atoms. The van der Waals surface area contributed by atoms with Crippen molar-refractivity contribution in [3.63, 3.8) is 0 Å². The molecule has 0 aromatic rings. The van der Waals surface area contributed by atoms with E-state index in [1.807, 2.05) is 0 Å². The Hall–Kier alpha value is -0.120. The Morgan fingerprint density at radius 3 is 2.61 bits per heavy atom. The van der Waals surface area contributed by atoms with Gasteiger partial charge in [0, 0.05) is 37.3 Å². The van der Waals surface area contributed by atoms with E-state index < -0.39 is 0 Å². The van der Waals surface area contributed by atoms with Crippen LogP contribution in [0.3, 0.4) is 0 Å². The van der Waals surface area contributed by atoms with E-state index in [-0.39, 0.29) is 0 Å². The standard InChI is InChI=1S/C15H29N3/c1-12-9-14(11-18(12)15-5-6-15)16-10-13(2)17-7-3-4-8-17/h12-16H,3-11H2,1-2H3. The van der Waals surface area contributed by atoms with Crippen LogP contribution in [0.5, 0.6) is 0 Å². The van der Waals surface area contributed by atoms with Gasteiger partial charge < -0.3 is 5.32 Å². The SMILES string of the molecule is CC(CNC1CC(C)N(C2CC2)C1)N1CCCC1. The molecular weight excluding hydrogens is 222 g/mol. The van der Waals surface area contributed by atoms with Gasteiger partial charge >= 0.3 is 0 Å². The molecule has 1 aliphatic carbocycles. The highest BCUT2D eigenvalue weighted by Crippen LogP contribution is 2.33. The van der Waals surface area contributed by atoms with Crippen LogP contribution in [0.1, 0.15) is 46.0 Å². The van der Waals surface area contributed by atoms with E-state index in [2.05, 4.69) is 29.0 Å². The second kappa shape index (κ2) is 5.48. The minimum Gasteiger partial charge on any atom is -0.311 e. The second-order valence-electron chi connectivity index (χ2n) is 6.71. The Labute approximate surface area is 112 Å². The van der Waals surface area contributed by atoms with E-state index >= 15 is 0 Å². The number of nitrogens with one attached hydrogen (secondary N) is 1. The fraction of sp³-hybridized carbons (Fsp3) is 1.00. The van der Waals surface area contributed by atoms with Crippen molar-refractivity contribution < 1.29 is 0 Å². The maximum absolute atomic E-state index is 3.82. The highest BCUT2D eigenvalue weighted by atomic mass is 15.3. The molecular formula is C15H29N3. The van der Waals surface area contributed by atoms with Gasteiger partial charge in [0.05, 0.1) is 0 Å². The molecule has 1 N–H and O–H groups in total. The van der Waals surface area contributed by atoms with Crippen LogP contribution in [0.4, 0.5) is 0 Å². The first-order valence-electron chi connectivity index (χ1n) is 7.97. The molecule has 104 valence electrons. The Morgan fingerprint density at radius 2 is 1.94 bits per heavy atom. The monoisotopic (exact) mass is 251 g/mol. The first-order chi connectivity index (χ1) is 8.74. The molecule has 3 aliphatic rings. The minimum absolute atomic E-state index is 0.720. The van der Waals surface area contributed by atoms with Gasteiger partial charge in [0.15, 0.2) is 0 Å². The molecule has 0 radical (unpaired) electrons. The first kappa shape index (κ1) is 12.9. The van der Waals surface area contributed by atoms with Gasteiger partial charge in [-0.05, 0) is 59.0 Å². The molecule has 3 fully saturated rings. The van der Waals surface area contributed by atoms with Crippen LogP contribution < -0.4 is 5.32 Å². The third-order valence-electron chi connectivity index (χ3n) is 5.10. The van der Waals surface area contributed by atoms with Crippen LogP contribution >= 0.6 is 0 Å². The summed E-state index contributed by atoms with van der Waals surface area (Å²) in [6, 6.07) is 3.20. The largest absolute Gasteiger partial charge is 0.311 e. The smallest absolute Gasteiger partial charge is 0.0210 e. The van der Waals surface area contributed by atoms with Crippen molar-refractivity contribution in [1.82, 2.24) is 15.1 Å². The molecule has 3 rings (SSSR count). The number of hydrogen-bond donors (Lipinski definition) is 1. The van der Waals surface area contributed by atoms with Crippen molar-refractivity contribution in [2.45, 2.75) is 70.1 Å². The van der Waals surface area contributed by atoms with Crippen molar-refractivity contribution in [1.29, 1.82) is 0 Å². The molecule has 3 unspecified atom stereocenters. The van der Waals surface area contributed by atoms with E-state index in [0.29, 0.717) is 0 Å². The summed E-state index contributed by atoms with van der Waals surface area (Å²) in [6.45, 7) is 9.89. The van der Waals surface area contributed by atoms with E-state index in [9.17, 15) is 0 Å². The molecule has 0 aromatic carbocycles. The number of hydrogen-bond acceptors (Lipinski definition) is 3. The molecule has 0 spiro atoms. The van der Waals surface area contributed by atoms with Gasteiger partial charge in [-0.25, -0.2) is 0 Å². The molecule has 18 heavy (non-hydrogen) atoms. The molecule has 1 saturated carbocycles. The predicted molar refractivity (Wildman–Crippen MR) is 75.9 cm³/mol. The zero-order valence-corrected chi connectivity index (χ0v) is 12.1. The normalized spacial score (nSPS) is 36.3. The summed E-state index contributed by atoms with van der Waals surface area (Å²) in [7, 11) is 0. The lowest BCUT2D eigenvalue weighted by molar-refractivity contribution is 0.239. The van der Waals surface area contributed by atoms with Crippen LogP contribution in [0.2, 0.25) is 0 Å². The van der Waals surface area contributed by atoms with Crippen LogP contribution in [0.25, 0.3) is 0 Å². The summed E-state index contributed by atoms with van der Waals surface area (Å²) in [6.07, 6.45) is 7.05. The average molecular weight is 251 g/mol. The predicted octanol–water partition coefficient (Wildman–Crippen LogP) is 1.69. The van der Waals surface area contributed by atoms with Crippen molar-refractivity contribution in [2.75, 3.05) is 26.2 Å². The molecule has 3 nitrogen and oxygen atoms in total. The topological polar surface area (TPSA) is 18.5 Å². The molecule has 2 saturated heterocycles. The van der Waals surface area contributed by atoms with Gasteiger partial charge in [-0.2, -0.15) is 0 Å². The third kappa shape index (κ3) is 2.89. The summed E-state index contributed by atoms with van der Waals surface area (Å²) >= 11 is 0. The zero-order valence-electron chi connectivity index (χ0n) is 12.1. The summed E-state index contributed by atoms with van der Waals surface area (Å²) < 4.78 is 0. The summed E-state index contributed by atoms with van der Waals surface area (Å²) in [5.41, 5.74) is 0. The van der Waals surface area contributed by atoms with Gasteiger partial charge in [0.2, 0.25) is 0 Å². The number of nitrogens with zero attached hydrogens (tertiary/aromatic N) is 2. The Bertz CT molecular complexity index is 271.